The molecule has 0 saturated heterocycles. The first-order chi connectivity index (χ1) is 17.8. The summed E-state index contributed by atoms with van der Waals surface area (Å²) >= 11 is 0. The van der Waals surface area contributed by atoms with Gasteiger partial charge in [-0.25, -0.2) is 14.4 Å². The van der Waals surface area contributed by atoms with Crippen LogP contribution in [0.2, 0.25) is 0 Å². The smallest absolute Gasteiger partial charge is 0.141 e. The highest BCUT2D eigenvalue weighted by molar-refractivity contribution is 6.16. The summed E-state index contributed by atoms with van der Waals surface area (Å²) in [6.07, 6.45) is 3.24. The maximum Gasteiger partial charge on any atom is 0.141 e. The second-order valence-corrected chi connectivity index (χ2v) is 8.67. The maximum absolute atomic E-state index is 14.9. The zero-order valence-corrected chi connectivity index (χ0v) is 20.2. The highest BCUT2D eigenvalue weighted by Crippen LogP contribution is 2.39. The van der Waals surface area contributed by atoms with Crippen molar-refractivity contribution < 1.29 is 9.50 Å². The number of phenols is 1. The quantitative estimate of drug-likeness (QED) is 0.262. The number of halogens is 1. The topological polar surface area (TPSA) is 111 Å². The van der Waals surface area contributed by atoms with Gasteiger partial charge in [0.15, 0.2) is 0 Å². The minimum Gasteiger partial charge on any atom is -0.508 e. The van der Waals surface area contributed by atoms with Crippen LogP contribution < -0.4 is 16.0 Å². The Bertz CT molecular complexity index is 1580. The van der Waals surface area contributed by atoms with Gasteiger partial charge in [-0.2, -0.15) is 0 Å². The lowest BCUT2D eigenvalue weighted by molar-refractivity contribution is 0.475. The highest BCUT2D eigenvalue weighted by atomic mass is 19.1. The number of fused-ring (bicyclic) bond motifs is 1. The van der Waals surface area contributed by atoms with Crippen molar-refractivity contribution in [2.75, 3.05) is 22.5 Å². The van der Waals surface area contributed by atoms with Gasteiger partial charge < -0.3 is 21.1 Å². The molecule has 1 aliphatic rings. The molecule has 0 unspecified atom stereocenters. The fraction of sp³-hybridized carbons (Fsp3) is 0.0690. The van der Waals surface area contributed by atoms with Crippen LogP contribution in [0.25, 0.3) is 11.8 Å². The number of benzene rings is 3. The number of aryl methyl sites for hydroxylation is 1. The zero-order chi connectivity index (χ0) is 26.1. The van der Waals surface area contributed by atoms with Gasteiger partial charge in [0, 0.05) is 28.2 Å². The van der Waals surface area contributed by atoms with Crippen LogP contribution in [0, 0.1) is 18.2 Å². The highest BCUT2D eigenvalue weighted by Gasteiger charge is 2.27. The summed E-state index contributed by atoms with van der Waals surface area (Å²) < 4.78 is 14.9. The molecule has 37 heavy (non-hydrogen) atoms. The first kappa shape index (κ1) is 23.7. The Labute approximate surface area is 214 Å². The average Bonchev–Trinajstić information content (AvgIpc) is 2.88. The van der Waals surface area contributed by atoms with Gasteiger partial charge in [-0.15, -0.1) is 0 Å². The van der Waals surface area contributed by atoms with E-state index >= 15 is 0 Å². The number of aromatic hydroxyl groups is 1. The fourth-order valence-corrected chi connectivity index (χ4v) is 4.50. The van der Waals surface area contributed by atoms with Crippen LogP contribution in [-0.2, 0) is 0 Å². The van der Waals surface area contributed by atoms with E-state index in [4.69, 9.17) is 11.1 Å². The first-order valence-electron chi connectivity index (χ1n) is 11.6. The summed E-state index contributed by atoms with van der Waals surface area (Å²) in [5.41, 5.74) is 11.4. The third-order valence-corrected chi connectivity index (χ3v) is 6.27. The minimum absolute atomic E-state index is 0.0397. The second kappa shape index (κ2) is 9.58. The number of anilines is 3. The predicted octanol–water partition coefficient (Wildman–Crippen LogP) is 5.57. The second-order valence-electron chi connectivity index (χ2n) is 8.67. The van der Waals surface area contributed by atoms with Gasteiger partial charge in [-0.05, 0) is 48.4 Å². The van der Waals surface area contributed by atoms with Crippen molar-refractivity contribution in [2.24, 2.45) is 0 Å². The van der Waals surface area contributed by atoms with E-state index < -0.39 is 0 Å². The maximum atomic E-state index is 14.9. The molecule has 0 aliphatic carbocycles. The summed E-state index contributed by atoms with van der Waals surface area (Å²) in [5.74, 6) is 0.200. The summed E-state index contributed by atoms with van der Waals surface area (Å²) in [5, 5.41) is 21.9. The van der Waals surface area contributed by atoms with E-state index in [1.807, 2.05) is 48.2 Å². The van der Waals surface area contributed by atoms with Crippen LogP contribution in [0.4, 0.5) is 21.7 Å². The lowest BCUT2D eigenvalue weighted by Crippen LogP contribution is -2.29. The standard InChI is InChI=1S/C29H25FN6O/c1-17-7-3-4-12-24(17)36-18(2)25-19(8-6-11-23(25)30)13-21(36)15-33-29-26(28(32)34-16-35-29)27(31)20-9-5-10-22(37)14-20/h3-14,16,31,37H,2,15H2,1H3,(H3,32,33,34,35). The van der Waals surface area contributed by atoms with Gasteiger partial charge in [0.25, 0.3) is 0 Å². The first-order valence-corrected chi connectivity index (χ1v) is 11.6. The van der Waals surface area contributed by atoms with Crippen molar-refractivity contribution in [1.82, 2.24) is 9.97 Å². The molecule has 0 radical (unpaired) electrons. The molecule has 0 atom stereocenters. The van der Waals surface area contributed by atoms with E-state index in [0.29, 0.717) is 28.2 Å². The Hall–Kier alpha value is -4.98. The van der Waals surface area contributed by atoms with Gasteiger partial charge in [-0.3, -0.25) is 5.41 Å². The van der Waals surface area contributed by atoms with Crippen LogP contribution in [-0.4, -0.2) is 27.3 Å². The van der Waals surface area contributed by atoms with E-state index in [9.17, 15) is 9.50 Å². The predicted molar refractivity (Wildman–Crippen MR) is 146 cm³/mol. The zero-order valence-electron chi connectivity index (χ0n) is 20.2. The molecule has 0 amide bonds. The van der Waals surface area contributed by atoms with Crippen molar-refractivity contribution in [3.05, 3.63) is 119 Å². The fourth-order valence-electron chi connectivity index (χ4n) is 4.50. The third-order valence-electron chi connectivity index (χ3n) is 6.27. The largest absolute Gasteiger partial charge is 0.508 e. The van der Waals surface area contributed by atoms with E-state index in [0.717, 1.165) is 22.5 Å². The Morgan fingerprint density at radius 1 is 1.11 bits per heavy atom. The molecule has 0 spiro atoms. The molecule has 2 heterocycles. The summed E-state index contributed by atoms with van der Waals surface area (Å²) in [4.78, 5) is 10.4. The molecule has 1 aromatic heterocycles. The number of para-hydroxylation sites is 1. The van der Waals surface area contributed by atoms with Gasteiger partial charge in [0.2, 0.25) is 0 Å². The van der Waals surface area contributed by atoms with Crippen molar-refractivity contribution in [3.8, 4) is 5.75 Å². The molecule has 5 N–H and O–H groups in total. The minimum atomic E-state index is -0.338. The lowest BCUT2D eigenvalue weighted by Gasteiger charge is -2.35. The van der Waals surface area contributed by atoms with Crippen LogP contribution in [0.1, 0.15) is 27.8 Å². The molecule has 4 aromatic rings. The van der Waals surface area contributed by atoms with E-state index in [1.165, 1.54) is 24.5 Å². The van der Waals surface area contributed by atoms with Gasteiger partial charge >= 0.3 is 0 Å². The van der Waals surface area contributed by atoms with Crippen LogP contribution >= 0.6 is 0 Å². The molecule has 1 aliphatic heterocycles. The Balaban J connectivity index is 1.55. The number of aromatic nitrogens is 2. The monoisotopic (exact) mass is 492 g/mol. The van der Waals surface area contributed by atoms with Crippen LogP contribution in [0.15, 0.2) is 85.3 Å². The van der Waals surface area contributed by atoms with Gasteiger partial charge in [-0.1, -0.05) is 49.0 Å². The normalized spacial score (nSPS) is 12.6. The molecule has 184 valence electrons. The molecule has 0 fully saturated rings. The summed E-state index contributed by atoms with van der Waals surface area (Å²) in [6, 6.07) is 19.2. The third kappa shape index (κ3) is 4.40. The van der Waals surface area contributed by atoms with Crippen molar-refractivity contribution >= 4 is 34.8 Å². The summed E-state index contributed by atoms with van der Waals surface area (Å²) in [6.45, 7) is 6.51. The van der Waals surface area contributed by atoms with E-state index in [1.54, 1.807) is 18.2 Å². The molecule has 0 saturated carbocycles. The molecular formula is C29H25FN6O. The van der Waals surface area contributed by atoms with Crippen LogP contribution in [0.5, 0.6) is 5.75 Å². The Kier molecular flexibility index (Phi) is 6.15. The van der Waals surface area contributed by atoms with Crippen molar-refractivity contribution in [2.45, 2.75) is 6.92 Å². The molecule has 5 rings (SSSR count). The molecule has 0 bridgehead atoms. The molecule has 7 nitrogen and oxygen atoms in total. The van der Waals surface area contributed by atoms with Crippen molar-refractivity contribution in [3.63, 3.8) is 0 Å². The summed E-state index contributed by atoms with van der Waals surface area (Å²) in [7, 11) is 0. The van der Waals surface area contributed by atoms with Crippen LogP contribution in [0.3, 0.4) is 0 Å². The van der Waals surface area contributed by atoms with Crippen molar-refractivity contribution in [1.29, 1.82) is 5.41 Å². The molecular weight excluding hydrogens is 467 g/mol. The number of nitrogens with two attached hydrogens (primary N) is 1. The number of rotatable bonds is 6. The SMILES string of the molecule is C=C1c2c(F)cccc2C=C(CNc2ncnc(N)c2C(=N)c2cccc(O)c2)N1c1ccccc1C. The van der Waals surface area contributed by atoms with E-state index in [-0.39, 0.29) is 29.6 Å². The number of nitrogen functional groups attached to an aromatic ring is 1. The number of hydrogen-bond donors (Lipinski definition) is 4. The molecule has 3 aromatic carbocycles. The number of phenolic OH excluding ortho intramolecular Hbond substituents is 1. The average molecular weight is 493 g/mol. The molecule has 8 heteroatoms. The van der Waals surface area contributed by atoms with Gasteiger partial charge in [0.1, 0.15) is 29.5 Å². The lowest BCUT2D eigenvalue weighted by atomic mass is 9.96. The van der Waals surface area contributed by atoms with E-state index in [2.05, 4.69) is 21.9 Å². The number of nitrogens with zero attached hydrogens (tertiary/aromatic N) is 3. The number of hydrogen-bond acceptors (Lipinski definition) is 7. The number of nitrogens with one attached hydrogen (secondary N) is 2. The Morgan fingerprint density at radius 3 is 2.68 bits per heavy atom. The van der Waals surface area contributed by atoms with Gasteiger partial charge in [0.05, 0.1) is 17.8 Å². The Morgan fingerprint density at radius 2 is 1.89 bits per heavy atom.